The van der Waals surface area contributed by atoms with Crippen LogP contribution in [0.4, 0.5) is 11.4 Å². The zero-order chi connectivity index (χ0) is 19.1. The van der Waals surface area contributed by atoms with Crippen LogP contribution in [0.3, 0.4) is 0 Å². The maximum atomic E-state index is 11.6. The lowest BCUT2D eigenvalue weighted by Crippen LogP contribution is -2.36. The summed E-state index contributed by atoms with van der Waals surface area (Å²) in [5.41, 5.74) is 12.6. The molecule has 0 bridgehead atoms. The van der Waals surface area contributed by atoms with E-state index in [1.165, 1.54) is 0 Å². The molecule has 1 atom stereocenters. The van der Waals surface area contributed by atoms with Crippen molar-refractivity contribution in [3.8, 4) is 0 Å². The molecule has 0 heterocycles. The van der Waals surface area contributed by atoms with Crippen molar-refractivity contribution in [2.24, 2.45) is 17.4 Å². The fourth-order valence-corrected chi connectivity index (χ4v) is 2.63. The number of carbonyl (C=O) groups excluding carboxylic acids is 2. The second kappa shape index (κ2) is 9.12. The standard InChI is InChI=1S/C17H25N5O2S/c1-9(2)6-14(17(20)24)21-11-4-5-12(16(19)23)13(8-11)22-15(25)7-10(3)18/h4-5,8-9,14,18,21H,6-7H2,1-3H3,(H2,19,23)(H2,20,24)(H,22,25). The first-order chi connectivity index (χ1) is 11.6. The van der Waals surface area contributed by atoms with Crippen molar-refractivity contribution < 1.29 is 9.59 Å². The van der Waals surface area contributed by atoms with E-state index in [0.717, 1.165) is 0 Å². The molecule has 136 valence electrons. The largest absolute Gasteiger partial charge is 0.374 e. The highest BCUT2D eigenvalue weighted by molar-refractivity contribution is 7.80. The second-order valence-electron chi connectivity index (χ2n) is 6.36. The van der Waals surface area contributed by atoms with Gasteiger partial charge in [0.15, 0.2) is 0 Å². The minimum absolute atomic E-state index is 0.273. The maximum Gasteiger partial charge on any atom is 0.250 e. The molecule has 7 N–H and O–H groups in total. The van der Waals surface area contributed by atoms with Crippen LogP contribution >= 0.6 is 12.2 Å². The van der Waals surface area contributed by atoms with Crippen LogP contribution in [0.1, 0.15) is 44.0 Å². The van der Waals surface area contributed by atoms with Gasteiger partial charge in [-0.3, -0.25) is 9.59 Å². The third kappa shape index (κ3) is 6.88. The van der Waals surface area contributed by atoms with E-state index in [4.69, 9.17) is 29.1 Å². The van der Waals surface area contributed by atoms with Crippen molar-refractivity contribution in [1.82, 2.24) is 0 Å². The number of carbonyl (C=O) groups is 2. The lowest BCUT2D eigenvalue weighted by Gasteiger charge is -2.20. The highest BCUT2D eigenvalue weighted by atomic mass is 32.1. The normalized spacial score (nSPS) is 11.7. The number of primary amides is 2. The lowest BCUT2D eigenvalue weighted by molar-refractivity contribution is -0.119. The number of nitrogens with two attached hydrogens (primary N) is 2. The first kappa shape index (κ1) is 20.6. The van der Waals surface area contributed by atoms with Gasteiger partial charge in [-0.15, -0.1) is 0 Å². The molecule has 1 aromatic carbocycles. The van der Waals surface area contributed by atoms with E-state index >= 15 is 0 Å². The number of anilines is 2. The first-order valence-electron chi connectivity index (χ1n) is 7.93. The summed E-state index contributed by atoms with van der Waals surface area (Å²) in [6, 6.07) is 4.34. The van der Waals surface area contributed by atoms with Crippen LogP contribution < -0.4 is 22.1 Å². The summed E-state index contributed by atoms with van der Waals surface area (Å²) in [5, 5.41) is 13.5. The summed E-state index contributed by atoms with van der Waals surface area (Å²) in [7, 11) is 0. The summed E-state index contributed by atoms with van der Waals surface area (Å²) < 4.78 is 0. The number of amides is 2. The van der Waals surface area contributed by atoms with Crippen LogP contribution in [-0.2, 0) is 4.79 Å². The summed E-state index contributed by atoms with van der Waals surface area (Å²) in [6.45, 7) is 5.64. The van der Waals surface area contributed by atoms with Crippen LogP contribution in [0.5, 0.6) is 0 Å². The second-order valence-corrected chi connectivity index (χ2v) is 6.85. The quantitative estimate of drug-likeness (QED) is 0.339. The minimum Gasteiger partial charge on any atom is -0.374 e. The molecule has 0 saturated carbocycles. The molecule has 2 amide bonds. The summed E-state index contributed by atoms with van der Waals surface area (Å²) in [6.07, 6.45) is 0.865. The molecule has 0 saturated heterocycles. The summed E-state index contributed by atoms with van der Waals surface area (Å²) in [4.78, 5) is 23.6. The highest BCUT2D eigenvalue weighted by Crippen LogP contribution is 2.23. The van der Waals surface area contributed by atoms with E-state index in [0.29, 0.717) is 28.5 Å². The molecule has 0 aliphatic heterocycles. The van der Waals surface area contributed by atoms with Crippen molar-refractivity contribution in [2.75, 3.05) is 10.6 Å². The Morgan fingerprint density at radius 1 is 1.28 bits per heavy atom. The molecular formula is C17H25N5O2S. The van der Waals surface area contributed by atoms with Gasteiger partial charge in [0.25, 0.3) is 5.91 Å². The Bertz CT molecular complexity index is 688. The number of hydrogen-bond donors (Lipinski definition) is 5. The van der Waals surface area contributed by atoms with Crippen LogP contribution in [0.25, 0.3) is 0 Å². The fourth-order valence-electron chi connectivity index (χ4n) is 2.31. The topological polar surface area (TPSA) is 134 Å². The van der Waals surface area contributed by atoms with Crippen molar-refractivity contribution in [3.63, 3.8) is 0 Å². The van der Waals surface area contributed by atoms with Crippen molar-refractivity contribution in [1.29, 1.82) is 5.41 Å². The molecule has 7 nitrogen and oxygen atoms in total. The Labute approximate surface area is 153 Å². The van der Waals surface area contributed by atoms with Gasteiger partial charge >= 0.3 is 0 Å². The minimum atomic E-state index is -0.600. The van der Waals surface area contributed by atoms with Crippen LogP contribution in [0, 0.1) is 11.3 Å². The molecule has 0 spiro atoms. The molecule has 25 heavy (non-hydrogen) atoms. The fraction of sp³-hybridized carbons (Fsp3) is 0.412. The molecule has 0 aliphatic rings. The Morgan fingerprint density at radius 2 is 1.92 bits per heavy atom. The van der Waals surface area contributed by atoms with Crippen LogP contribution in [-0.4, -0.2) is 28.6 Å². The van der Waals surface area contributed by atoms with Gasteiger partial charge in [0.05, 0.1) is 16.2 Å². The molecule has 1 rings (SSSR count). The van der Waals surface area contributed by atoms with Gasteiger partial charge in [0, 0.05) is 17.8 Å². The Hall–Kier alpha value is -2.48. The average molecular weight is 363 g/mol. The molecule has 0 fully saturated rings. The zero-order valence-electron chi connectivity index (χ0n) is 14.7. The average Bonchev–Trinajstić information content (AvgIpc) is 2.44. The van der Waals surface area contributed by atoms with Crippen molar-refractivity contribution in [3.05, 3.63) is 23.8 Å². The molecule has 0 aromatic heterocycles. The number of benzene rings is 1. The van der Waals surface area contributed by atoms with Gasteiger partial charge in [-0.05, 0) is 37.5 Å². The lowest BCUT2D eigenvalue weighted by atomic mass is 10.0. The number of hydrogen-bond acceptors (Lipinski definition) is 5. The Balaban J connectivity index is 3.08. The monoisotopic (exact) mass is 363 g/mol. The van der Waals surface area contributed by atoms with Crippen LogP contribution in [0.2, 0.25) is 0 Å². The molecular weight excluding hydrogens is 338 g/mol. The van der Waals surface area contributed by atoms with Gasteiger partial charge in [-0.1, -0.05) is 26.1 Å². The van der Waals surface area contributed by atoms with E-state index in [9.17, 15) is 9.59 Å². The molecule has 1 aromatic rings. The van der Waals surface area contributed by atoms with Gasteiger partial charge in [0.1, 0.15) is 6.04 Å². The van der Waals surface area contributed by atoms with Gasteiger partial charge < -0.3 is 27.5 Å². The van der Waals surface area contributed by atoms with Crippen molar-refractivity contribution >= 4 is 46.1 Å². The molecule has 0 aliphatic carbocycles. The van der Waals surface area contributed by atoms with Crippen molar-refractivity contribution in [2.45, 2.75) is 39.7 Å². The van der Waals surface area contributed by atoms with Gasteiger partial charge in [-0.2, -0.15) is 0 Å². The summed E-state index contributed by atoms with van der Waals surface area (Å²) >= 11 is 5.19. The molecule has 1 unspecified atom stereocenters. The molecule has 0 radical (unpaired) electrons. The van der Waals surface area contributed by atoms with Gasteiger partial charge in [0.2, 0.25) is 5.91 Å². The summed E-state index contributed by atoms with van der Waals surface area (Å²) in [5.74, 6) is -0.759. The number of rotatable bonds is 9. The smallest absolute Gasteiger partial charge is 0.250 e. The van der Waals surface area contributed by atoms with E-state index in [1.54, 1.807) is 25.1 Å². The highest BCUT2D eigenvalue weighted by Gasteiger charge is 2.18. The number of thiocarbonyl (C=S) groups is 1. The predicted octanol–water partition coefficient (Wildman–Crippen LogP) is 2.27. The van der Waals surface area contributed by atoms with E-state index in [1.807, 2.05) is 13.8 Å². The first-order valence-corrected chi connectivity index (χ1v) is 8.34. The number of nitrogens with one attached hydrogen (secondary N) is 3. The van der Waals surface area contributed by atoms with E-state index in [2.05, 4.69) is 10.6 Å². The Morgan fingerprint density at radius 3 is 2.40 bits per heavy atom. The van der Waals surface area contributed by atoms with E-state index < -0.39 is 17.9 Å². The maximum absolute atomic E-state index is 11.6. The zero-order valence-corrected chi connectivity index (χ0v) is 15.5. The SMILES string of the molecule is CC(=N)CC(=S)Nc1cc(NC(CC(C)C)C(N)=O)ccc1C(N)=O. The third-order valence-electron chi connectivity index (χ3n) is 3.38. The Kier molecular flexibility index (Phi) is 7.50. The molecule has 8 heteroatoms. The third-order valence-corrected chi connectivity index (χ3v) is 3.62. The van der Waals surface area contributed by atoms with E-state index in [-0.39, 0.29) is 17.9 Å². The predicted molar refractivity (Wildman–Crippen MR) is 105 cm³/mol. The van der Waals surface area contributed by atoms with Gasteiger partial charge in [-0.25, -0.2) is 0 Å². The van der Waals surface area contributed by atoms with Crippen LogP contribution in [0.15, 0.2) is 18.2 Å².